The van der Waals surface area contributed by atoms with E-state index in [0.29, 0.717) is 22.9 Å². The molecule has 8 nitrogen and oxygen atoms in total. The second kappa shape index (κ2) is 6.52. The first-order valence-electron chi connectivity index (χ1n) is 7.48. The highest BCUT2D eigenvalue weighted by Gasteiger charge is 2.16. The molecule has 0 saturated heterocycles. The van der Waals surface area contributed by atoms with Crippen molar-refractivity contribution in [2.24, 2.45) is 7.05 Å². The van der Waals surface area contributed by atoms with Crippen molar-refractivity contribution in [3.05, 3.63) is 69.8 Å². The largest absolute Gasteiger partial charge is 0.291 e. The lowest BCUT2D eigenvalue weighted by molar-refractivity contribution is -0.384. The second-order valence-electron chi connectivity index (χ2n) is 5.46. The van der Waals surface area contributed by atoms with Gasteiger partial charge < -0.3 is 0 Å². The first-order valence-corrected chi connectivity index (χ1v) is 7.48. The van der Waals surface area contributed by atoms with Crippen molar-refractivity contribution in [2.45, 2.75) is 6.92 Å². The third-order valence-electron chi connectivity index (χ3n) is 3.69. The van der Waals surface area contributed by atoms with Crippen LogP contribution < -0.4 is 5.32 Å². The Labute approximate surface area is 143 Å². The lowest BCUT2D eigenvalue weighted by Gasteiger charge is -2.06. The van der Waals surface area contributed by atoms with Crippen LogP contribution in [0.4, 0.5) is 11.6 Å². The maximum Gasteiger partial charge on any atom is 0.269 e. The minimum Gasteiger partial charge on any atom is -0.291 e. The summed E-state index contributed by atoms with van der Waals surface area (Å²) >= 11 is 0. The number of rotatable bonds is 4. The number of non-ortho nitro benzene ring substituents is 1. The third kappa shape index (κ3) is 3.37. The fourth-order valence-electron chi connectivity index (χ4n) is 2.39. The van der Waals surface area contributed by atoms with Crippen LogP contribution in [0.25, 0.3) is 11.4 Å². The molecule has 0 atom stereocenters. The Morgan fingerprint density at radius 2 is 1.92 bits per heavy atom. The van der Waals surface area contributed by atoms with Crippen molar-refractivity contribution in [2.75, 3.05) is 5.32 Å². The number of aryl methyl sites for hydroxylation is 2. The first-order chi connectivity index (χ1) is 12.0. The summed E-state index contributed by atoms with van der Waals surface area (Å²) in [4.78, 5) is 27.1. The summed E-state index contributed by atoms with van der Waals surface area (Å²) in [5, 5.41) is 17.8. The number of hydrogen-bond donors (Lipinski definition) is 1. The highest BCUT2D eigenvalue weighted by atomic mass is 16.6. The number of carbonyl (C=O) groups is 1. The smallest absolute Gasteiger partial charge is 0.269 e. The van der Waals surface area contributed by atoms with E-state index in [1.807, 2.05) is 30.3 Å². The van der Waals surface area contributed by atoms with Gasteiger partial charge in [0.1, 0.15) is 0 Å². The molecular formula is C17H15N5O3. The molecule has 25 heavy (non-hydrogen) atoms. The van der Waals surface area contributed by atoms with E-state index in [-0.39, 0.29) is 5.69 Å². The molecule has 3 rings (SSSR count). The van der Waals surface area contributed by atoms with Crippen molar-refractivity contribution in [1.82, 2.24) is 14.8 Å². The number of nitro groups is 1. The predicted molar refractivity (Wildman–Crippen MR) is 92.2 cm³/mol. The lowest BCUT2D eigenvalue weighted by atomic mass is 10.1. The van der Waals surface area contributed by atoms with Crippen LogP contribution >= 0.6 is 0 Å². The molecule has 126 valence electrons. The average molecular weight is 337 g/mol. The van der Waals surface area contributed by atoms with E-state index in [4.69, 9.17) is 0 Å². The van der Waals surface area contributed by atoms with Crippen molar-refractivity contribution in [1.29, 1.82) is 0 Å². The van der Waals surface area contributed by atoms with E-state index in [0.717, 1.165) is 5.56 Å². The summed E-state index contributed by atoms with van der Waals surface area (Å²) in [6.45, 7) is 1.65. The van der Waals surface area contributed by atoms with E-state index in [2.05, 4.69) is 15.4 Å². The number of amides is 1. The number of nitrogens with one attached hydrogen (secondary N) is 1. The Bertz CT molecular complexity index is 950. The summed E-state index contributed by atoms with van der Waals surface area (Å²) in [5.41, 5.74) is 1.64. The molecule has 2 aromatic carbocycles. The van der Waals surface area contributed by atoms with Gasteiger partial charge in [0.15, 0.2) is 5.82 Å². The van der Waals surface area contributed by atoms with Crippen LogP contribution in [0, 0.1) is 17.0 Å². The van der Waals surface area contributed by atoms with Crippen molar-refractivity contribution >= 4 is 17.5 Å². The molecule has 0 spiro atoms. The Balaban J connectivity index is 1.84. The molecule has 1 heterocycles. The van der Waals surface area contributed by atoms with Gasteiger partial charge in [0.05, 0.1) is 4.92 Å². The summed E-state index contributed by atoms with van der Waals surface area (Å²) in [7, 11) is 1.68. The van der Waals surface area contributed by atoms with Crippen LogP contribution in [-0.4, -0.2) is 25.6 Å². The molecule has 0 unspecified atom stereocenters. The van der Waals surface area contributed by atoms with Gasteiger partial charge in [-0.3, -0.25) is 20.2 Å². The molecular weight excluding hydrogens is 322 g/mol. The highest BCUT2D eigenvalue weighted by molar-refractivity contribution is 6.04. The van der Waals surface area contributed by atoms with Crippen molar-refractivity contribution in [3.63, 3.8) is 0 Å². The third-order valence-corrected chi connectivity index (χ3v) is 3.69. The van der Waals surface area contributed by atoms with Crippen LogP contribution in [-0.2, 0) is 7.05 Å². The van der Waals surface area contributed by atoms with Crippen LogP contribution in [0.1, 0.15) is 15.9 Å². The summed E-state index contributed by atoms with van der Waals surface area (Å²) in [6, 6.07) is 13.5. The van der Waals surface area contributed by atoms with E-state index in [1.165, 1.54) is 22.9 Å². The van der Waals surface area contributed by atoms with Gasteiger partial charge in [0, 0.05) is 30.3 Å². The van der Waals surface area contributed by atoms with Crippen LogP contribution in [0.5, 0.6) is 0 Å². The molecule has 8 heteroatoms. The van der Waals surface area contributed by atoms with Gasteiger partial charge in [0.2, 0.25) is 5.95 Å². The minimum absolute atomic E-state index is 0.0564. The fourth-order valence-corrected chi connectivity index (χ4v) is 2.39. The monoisotopic (exact) mass is 337 g/mol. The van der Waals surface area contributed by atoms with Crippen LogP contribution in [0.3, 0.4) is 0 Å². The molecule has 0 aliphatic carbocycles. The zero-order chi connectivity index (χ0) is 18.0. The van der Waals surface area contributed by atoms with E-state index in [1.54, 1.807) is 14.0 Å². The standard InChI is InChI=1S/C17H15N5O3/c1-11-10-13(22(24)25)8-9-14(11)16(23)19-17-18-15(20-21(17)2)12-6-4-3-5-7-12/h3-10H,1-2H3,(H,18,19,20,23). The Morgan fingerprint density at radius 1 is 1.20 bits per heavy atom. The quantitative estimate of drug-likeness (QED) is 0.582. The van der Waals surface area contributed by atoms with Gasteiger partial charge in [-0.1, -0.05) is 30.3 Å². The maximum atomic E-state index is 12.5. The number of anilines is 1. The Hall–Kier alpha value is -3.55. The molecule has 0 saturated carbocycles. The highest BCUT2D eigenvalue weighted by Crippen LogP contribution is 2.20. The number of carbonyl (C=O) groups excluding carboxylic acids is 1. The Morgan fingerprint density at radius 3 is 2.56 bits per heavy atom. The number of nitro benzene ring substituents is 1. The average Bonchev–Trinajstić information content (AvgIpc) is 2.96. The zero-order valence-electron chi connectivity index (χ0n) is 13.6. The zero-order valence-corrected chi connectivity index (χ0v) is 13.6. The van der Waals surface area contributed by atoms with Crippen LogP contribution in [0.2, 0.25) is 0 Å². The number of benzene rings is 2. The maximum absolute atomic E-state index is 12.5. The molecule has 0 bridgehead atoms. The Kier molecular flexibility index (Phi) is 4.25. The number of hydrogen-bond acceptors (Lipinski definition) is 5. The molecule has 0 fully saturated rings. The van der Waals surface area contributed by atoms with E-state index >= 15 is 0 Å². The fraction of sp³-hybridized carbons (Fsp3) is 0.118. The second-order valence-corrected chi connectivity index (χ2v) is 5.46. The molecule has 1 amide bonds. The van der Waals surface area contributed by atoms with Gasteiger partial charge in [-0.15, -0.1) is 5.10 Å². The molecule has 0 aliphatic rings. The van der Waals surface area contributed by atoms with Gasteiger partial charge >= 0.3 is 0 Å². The molecule has 1 aromatic heterocycles. The van der Waals surface area contributed by atoms with Gasteiger partial charge in [-0.05, 0) is 18.6 Å². The predicted octanol–water partition coefficient (Wildman–Crippen LogP) is 2.95. The molecule has 1 N–H and O–H groups in total. The number of aromatic nitrogens is 3. The SMILES string of the molecule is Cc1cc([N+](=O)[O-])ccc1C(=O)Nc1nc(-c2ccccc2)nn1C. The molecule has 0 aliphatic heterocycles. The van der Waals surface area contributed by atoms with Gasteiger partial charge in [0.25, 0.3) is 11.6 Å². The van der Waals surface area contributed by atoms with E-state index < -0.39 is 10.8 Å². The summed E-state index contributed by atoms with van der Waals surface area (Å²) in [5.74, 6) is 0.392. The molecule has 0 radical (unpaired) electrons. The van der Waals surface area contributed by atoms with Crippen LogP contribution in [0.15, 0.2) is 48.5 Å². The lowest BCUT2D eigenvalue weighted by Crippen LogP contribution is -2.16. The topological polar surface area (TPSA) is 103 Å². The summed E-state index contributed by atoms with van der Waals surface area (Å²) < 4.78 is 1.47. The van der Waals surface area contributed by atoms with Crippen molar-refractivity contribution < 1.29 is 9.72 Å². The molecule has 3 aromatic rings. The van der Waals surface area contributed by atoms with E-state index in [9.17, 15) is 14.9 Å². The van der Waals surface area contributed by atoms with Crippen molar-refractivity contribution in [3.8, 4) is 11.4 Å². The minimum atomic E-state index is -0.497. The first kappa shape index (κ1) is 16.3. The summed E-state index contributed by atoms with van der Waals surface area (Å²) in [6.07, 6.45) is 0. The number of nitrogens with zero attached hydrogens (tertiary/aromatic N) is 4. The normalized spacial score (nSPS) is 10.5. The van der Waals surface area contributed by atoms with Gasteiger partial charge in [-0.2, -0.15) is 4.98 Å². The van der Waals surface area contributed by atoms with Gasteiger partial charge in [-0.25, -0.2) is 4.68 Å².